The lowest BCUT2D eigenvalue weighted by atomic mass is 10.1. The zero-order chi connectivity index (χ0) is 61.0. The van der Waals surface area contributed by atoms with Gasteiger partial charge in [0, 0.05) is 19.3 Å². The maximum absolute atomic E-state index is 12.8. The molecule has 0 fully saturated rings. The fourth-order valence-electron chi connectivity index (χ4n) is 8.16. The predicted octanol–water partition coefficient (Wildman–Crippen LogP) is 17.0. The molecule has 16 nitrogen and oxygen atoms in total. The van der Waals surface area contributed by atoms with Crippen LogP contribution in [0.5, 0.6) is 0 Å². The highest BCUT2D eigenvalue weighted by Gasteiger charge is 2.29. The van der Waals surface area contributed by atoms with Gasteiger partial charge < -0.3 is 34.2 Å². The molecule has 0 aromatic carbocycles. The number of allylic oxidation sites excluding steroid dienone is 14. The number of hydrogen-bond acceptors (Lipinski definition) is 14. The lowest BCUT2D eigenvalue weighted by Crippen LogP contribution is -2.30. The molecule has 4 N–H and O–H groups in total. The first-order chi connectivity index (χ1) is 40.2. The highest BCUT2D eigenvalue weighted by atomic mass is 31.2. The van der Waals surface area contributed by atoms with Crippen LogP contribution in [0, 0.1) is 0 Å². The number of ether oxygens (including phenoxy) is 3. The number of hydrogen-bond donors (Lipinski definition) is 4. The van der Waals surface area contributed by atoms with Crippen molar-refractivity contribution in [2.45, 2.75) is 270 Å². The highest BCUT2D eigenvalue weighted by Crippen LogP contribution is 2.45. The average molecular weight is 1210 g/mol. The van der Waals surface area contributed by atoms with E-state index in [1.165, 1.54) is 51.4 Å². The third kappa shape index (κ3) is 60.2. The first kappa shape index (κ1) is 79.7. The van der Waals surface area contributed by atoms with Gasteiger partial charge in [-0.3, -0.25) is 32.5 Å². The highest BCUT2D eigenvalue weighted by molar-refractivity contribution is 7.47. The van der Waals surface area contributed by atoms with Gasteiger partial charge in [-0.25, -0.2) is 9.13 Å². The van der Waals surface area contributed by atoms with E-state index in [0.29, 0.717) is 19.3 Å². The van der Waals surface area contributed by atoms with Gasteiger partial charge in [0.25, 0.3) is 0 Å². The molecule has 0 heterocycles. The SMILES string of the molecule is CC/C=C\C/C=C\C/C=C\C/C=C\C/C=C\CCCCCCCC(=O)OCC(O)COP(=O)(O)OCC(O)COP(=O)(O)OCC(COC(=O)CCCCCCC/C=C\CCCCCCCC)OC(=O)CCCCCCC/C=C\CCCC. The summed E-state index contributed by atoms with van der Waals surface area (Å²) < 4.78 is 60.6. The zero-order valence-electron chi connectivity index (χ0n) is 51.6. The van der Waals surface area contributed by atoms with Gasteiger partial charge in [0.2, 0.25) is 0 Å². The monoisotopic (exact) mass is 1210 g/mol. The number of esters is 3. The van der Waals surface area contributed by atoms with Gasteiger partial charge in [0.05, 0.1) is 26.4 Å². The van der Waals surface area contributed by atoms with E-state index < -0.39 is 91.5 Å². The van der Waals surface area contributed by atoms with Crippen LogP contribution in [0.25, 0.3) is 0 Å². The molecule has 0 rings (SSSR count). The number of phosphoric ester groups is 2. The van der Waals surface area contributed by atoms with Crippen LogP contribution < -0.4 is 0 Å². The fraction of sp³-hybridized carbons (Fsp3) is 0.738. The molecule has 5 atom stereocenters. The van der Waals surface area contributed by atoms with Gasteiger partial charge in [-0.05, 0) is 109 Å². The molecular formula is C65H114O16P2. The van der Waals surface area contributed by atoms with Gasteiger partial charge in [-0.2, -0.15) is 0 Å². The average Bonchev–Trinajstić information content (AvgIpc) is 3.46. The maximum Gasteiger partial charge on any atom is 0.472 e. The summed E-state index contributed by atoms with van der Waals surface area (Å²) in [5.74, 6) is -1.61. The van der Waals surface area contributed by atoms with Crippen molar-refractivity contribution >= 4 is 33.6 Å². The first-order valence-corrected chi connectivity index (χ1v) is 34.9. The van der Waals surface area contributed by atoms with Crippen LogP contribution in [0.4, 0.5) is 0 Å². The summed E-state index contributed by atoms with van der Waals surface area (Å²) in [5, 5.41) is 20.5. The van der Waals surface area contributed by atoms with E-state index in [1.54, 1.807) is 0 Å². The van der Waals surface area contributed by atoms with Crippen LogP contribution in [0.3, 0.4) is 0 Å². The second-order valence-corrected chi connectivity index (χ2v) is 24.1. The molecule has 0 aromatic heterocycles. The fourth-order valence-corrected chi connectivity index (χ4v) is 9.74. The lowest BCUT2D eigenvalue weighted by molar-refractivity contribution is -0.161. The molecular weight excluding hydrogens is 1100 g/mol. The van der Waals surface area contributed by atoms with Crippen molar-refractivity contribution in [1.29, 1.82) is 0 Å². The summed E-state index contributed by atoms with van der Waals surface area (Å²) in [5.41, 5.74) is 0. The number of carbonyl (C=O) groups excluding carboxylic acids is 3. The van der Waals surface area contributed by atoms with Crippen molar-refractivity contribution < 1.29 is 75.8 Å². The Morgan fingerprint density at radius 2 is 0.651 bits per heavy atom. The summed E-state index contributed by atoms with van der Waals surface area (Å²) in [6.45, 7) is 2.45. The molecule has 0 bridgehead atoms. The smallest absolute Gasteiger partial charge is 0.463 e. The van der Waals surface area contributed by atoms with Gasteiger partial charge in [0.1, 0.15) is 25.4 Å². The Balaban J connectivity index is 4.60. The Kier molecular flexibility index (Phi) is 56.8. The Hall–Kier alpha value is -3.27. The molecule has 0 spiro atoms. The van der Waals surface area contributed by atoms with E-state index in [1.807, 2.05) is 0 Å². The molecule has 0 amide bonds. The summed E-state index contributed by atoms with van der Waals surface area (Å²) in [6.07, 6.45) is 60.8. The van der Waals surface area contributed by atoms with Crippen molar-refractivity contribution in [1.82, 2.24) is 0 Å². The lowest BCUT2D eigenvalue weighted by Gasteiger charge is -2.21. The normalized spacial score (nSPS) is 14.9. The Morgan fingerprint density at radius 1 is 0.349 bits per heavy atom. The van der Waals surface area contributed by atoms with Crippen molar-refractivity contribution in [3.63, 3.8) is 0 Å². The quantitative estimate of drug-likeness (QED) is 0.0146. The summed E-state index contributed by atoms with van der Waals surface area (Å²) in [7, 11) is -9.77. The summed E-state index contributed by atoms with van der Waals surface area (Å²) >= 11 is 0. The Morgan fingerprint density at radius 3 is 1.06 bits per heavy atom. The summed E-state index contributed by atoms with van der Waals surface area (Å²) in [4.78, 5) is 58.1. The van der Waals surface area contributed by atoms with E-state index in [9.17, 15) is 43.5 Å². The second-order valence-electron chi connectivity index (χ2n) is 21.2. The summed E-state index contributed by atoms with van der Waals surface area (Å²) in [6, 6.07) is 0. The van der Waals surface area contributed by atoms with Gasteiger partial charge in [0.15, 0.2) is 6.10 Å². The van der Waals surface area contributed by atoms with Crippen molar-refractivity contribution in [3.8, 4) is 0 Å². The van der Waals surface area contributed by atoms with E-state index >= 15 is 0 Å². The van der Waals surface area contributed by atoms with Crippen LogP contribution in [0.15, 0.2) is 85.1 Å². The minimum absolute atomic E-state index is 0.0929. The van der Waals surface area contributed by atoms with Crippen LogP contribution in [0.1, 0.15) is 252 Å². The van der Waals surface area contributed by atoms with E-state index in [0.717, 1.165) is 141 Å². The van der Waals surface area contributed by atoms with E-state index in [4.69, 9.17) is 32.3 Å². The topological polar surface area (TPSA) is 231 Å². The number of rotatable bonds is 60. The number of carbonyl (C=O) groups is 3. The Labute approximate surface area is 502 Å². The number of phosphoric acid groups is 2. The standard InChI is InChI=1S/C65H114O16P2/c1-4-7-10-13-16-19-22-24-26-27-28-29-30-31-33-35-37-39-42-45-48-51-63(68)75-54-60(66)55-77-82(71,72)78-56-61(67)57-79-83(73,74)80-59-62(81-65(70)53-50-47-44-41-36-21-18-15-12-9-6-3)58-76-64(69)52-49-46-43-40-38-34-32-25-23-20-17-14-11-8-5-2/h7,10,15-16,18-19,24-26,28-29,31-33,60-62,66-67H,4-6,8-9,11-14,17,20-23,27,30,34-59H2,1-3H3,(H,71,72)(H,73,74)/b10-7-,18-15-,19-16-,26-24-,29-28-,32-25-,33-31-. The molecule has 0 aromatic rings. The zero-order valence-corrected chi connectivity index (χ0v) is 53.4. The van der Waals surface area contributed by atoms with Crippen LogP contribution in [0.2, 0.25) is 0 Å². The molecule has 0 aliphatic rings. The first-order valence-electron chi connectivity index (χ1n) is 31.9. The van der Waals surface area contributed by atoms with Crippen LogP contribution in [-0.2, 0) is 55.8 Å². The molecule has 480 valence electrons. The number of aliphatic hydroxyl groups is 2. The van der Waals surface area contributed by atoms with Crippen molar-refractivity contribution in [2.24, 2.45) is 0 Å². The van der Waals surface area contributed by atoms with E-state index in [2.05, 4.69) is 106 Å². The predicted molar refractivity (Wildman–Crippen MR) is 334 cm³/mol. The maximum atomic E-state index is 12.8. The third-order valence-corrected chi connectivity index (χ3v) is 15.0. The van der Waals surface area contributed by atoms with E-state index in [-0.39, 0.29) is 19.3 Å². The molecule has 0 saturated carbocycles. The number of unbranched alkanes of at least 4 members (excludes halogenated alkanes) is 23. The minimum Gasteiger partial charge on any atom is -0.463 e. The van der Waals surface area contributed by atoms with Gasteiger partial charge >= 0.3 is 33.6 Å². The molecule has 5 unspecified atom stereocenters. The third-order valence-electron chi connectivity index (χ3n) is 13.1. The minimum atomic E-state index is -4.92. The number of aliphatic hydroxyl groups excluding tert-OH is 2. The Bertz CT molecular complexity index is 1860. The second kappa shape index (κ2) is 59.1. The molecule has 18 heteroatoms. The molecule has 0 aliphatic carbocycles. The van der Waals surface area contributed by atoms with Gasteiger partial charge in [-0.15, -0.1) is 0 Å². The van der Waals surface area contributed by atoms with Crippen LogP contribution in [-0.4, -0.2) is 95.9 Å². The van der Waals surface area contributed by atoms with Crippen LogP contribution >= 0.6 is 15.6 Å². The molecule has 0 radical (unpaired) electrons. The molecule has 83 heavy (non-hydrogen) atoms. The van der Waals surface area contributed by atoms with Crippen molar-refractivity contribution in [3.05, 3.63) is 85.1 Å². The van der Waals surface area contributed by atoms with Crippen molar-refractivity contribution in [2.75, 3.05) is 39.6 Å². The molecule has 0 saturated heterocycles. The largest absolute Gasteiger partial charge is 0.472 e. The van der Waals surface area contributed by atoms with Gasteiger partial charge in [-0.1, -0.05) is 209 Å². The molecule has 0 aliphatic heterocycles.